The largest absolute Gasteiger partial charge is 0.496 e. The van der Waals surface area contributed by atoms with Gasteiger partial charge in [-0.1, -0.05) is 26.0 Å². The predicted molar refractivity (Wildman–Crippen MR) is 126 cm³/mol. The first-order valence-electron chi connectivity index (χ1n) is 11.2. The van der Waals surface area contributed by atoms with Crippen LogP contribution in [-0.4, -0.2) is 56.2 Å². The Kier molecular flexibility index (Phi) is 6.58. The lowest BCUT2D eigenvalue weighted by molar-refractivity contribution is -0.131. The highest BCUT2D eigenvalue weighted by Crippen LogP contribution is 2.53. The zero-order valence-corrected chi connectivity index (χ0v) is 20.1. The molecule has 2 bridgehead atoms. The third-order valence-electron chi connectivity index (χ3n) is 6.48. The highest BCUT2D eigenvalue weighted by Gasteiger charge is 2.39. The van der Waals surface area contributed by atoms with Gasteiger partial charge < -0.3 is 35.3 Å². The first kappa shape index (κ1) is 24.3. The Morgan fingerprint density at radius 2 is 1.51 bits per heavy atom. The average Bonchev–Trinajstić information content (AvgIpc) is 2.84. The fourth-order valence-corrected chi connectivity index (χ4v) is 4.54. The number of aliphatic hydroxyl groups excluding tert-OH is 1. The summed E-state index contributed by atoms with van der Waals surface area (Å²) in [7, 11) is 3.03. The van der Waals surface area contributed by atoms with E-state index in [1.165, 1.54) is 14.2 Å². The molecule has 2 aromatic carbocycles. The van der Waals surface area contributed by atoms with Crippen molar-refractivity contribution in [3.63, 3.8) is 0 Å². The number of hydrogen-bond donors (Lipinski definition) is 4. The first-order valence-corrected chi connectivity index (χ1v) is 11.2. The lowest BCUT2D eigenvalue weighted by atomic mass is 9.74. The summed E-state index contributed by atoms with van der Waals surface area (Å²) in [5.41, 5.74) is 2.38. The molecular formula is C25H29N3O7. The normalized spacial score (nSPS) is 19.2. The smallest absolute Gasteiger partial charge is 0.245 e. The minimum Gasteiger partial charge on any atom is -0.496 e. The molecule has 0 fully saturated rings. The van der Waals surface area contributed by atoms with E-state index in [0.717, 1.165) is 11.1 Å². The van der Waals surface area contributed by atoms with Crippen LogP contribution in [-0.2, 0) is 32.8 Å². The number of rotatable bonds is 3. The maximum atomic E-state index is 13.0. The van der Waals surface area contributed by atoms with Gasteiger partial charge in [-0.05, 0) is 12.1 Å². The predicted octanol–water partition coefficient (Wildman–Crippen LogP) is 0.901. The van der Waals surface area contributed by atoms with E-state index >= 15 is 0 Å². The summed E-state index contributed by atoms with van der Waals surface area (Å²) in [6, 6.07) is 6.23. The second-order valence-corrected chi connectivity index (χ2v) is 8.95. The van der Waals surface area contributed by atoms with Crippen molar-refractivity contribution < 1.29 is 33.7 Å². The van der Waals surface area contributed by atoms with Crippen LogP contribution in [0, 0.1) is 0 Å². The quantitative estimate of drug-likeness (QED) is 0.509. The number of carbonyl (C=O) groups is 3. The summed E-state index contributed by atoms with van der Waals surface area (Å²) in [5, 5.41) is 17.4. The van der Waals surface area contributed by atoms with Gasteiger partial charge in [-0.25, -0.2) is 0 Å². The molecule has 4 rings (SSSR count). The molecule has 0 saturated heterocycles. The van der Waals surface area contributed by atoms with E-state index in [4.69, 9.17) is 14.2 Å². The molecule has 2 heterocycles. The fourth-order valence-electron chi connectivity index (χ4n) is 4.54. The van der Waals surface area contributed by atoms with Crippen LogP contribution < -0.4 is 30.2 Å². The van der Waals surface area contributed by atoms with Crippen molar-refractivity contribution >= 4 is 17.7 Å². The van der Waals surface area contributed by atoms with E-state index in [-0.39, 0.29) is 19.5 Å². The molecule has 10 heteroatoms. The number of methoxy groups -OCH3 is 2. The highest BCUT2D eigenvalue weighted by atomic mass is 16.5. The summed E-state index contributed by atoms with van der Waals surface area (Å²) in [6.07, 6.45) is -0.155. The highest BCUT2D eigenvalue weighted by molar-refractivity contribution is 5.91. The molecule has 3 amide bonds. The van der Waals surface area contributed by atoms with E-state index < -0.39 is 35.8 Å². The lowest BCUT2D eigenvalue weighted by Crippen LogP contribution is -2.51. The second-order valence-electron chi connectivity index (χ2n) is 8.95. The van der Waals surface area contributed by atoms with Gasteiger partial charge in [-0.3, -0.25) is 14.4 Å². The summed E-state index contributed by atoms with van der Waals surface area (Å²) >= 11 is 0. The molecule has 2 aliphatic heterocycles. The van der Waals surface area contributed by atoms with Gasteiger partial charge in [0.15, 0.2) is 0 Å². The first-order chi connectivity index (χ1) is 16.7. The van der Waals surface area contributed by atoms with Crippen molar-refractivity contribution in [2.45, 2.75) is 38.3 Å². The molecule has 0 aliphatic carbocycles. The molecule has 2 aliphatic rings. The third-order valence-corrected chi connectivity index (χ3v) is 6.48. The van der Waals surface area contributed by atoms with Crippen molar-refractivity contribution in [2.75, 3.05) is 27.4 Å². The van der Waals surface area contributed by atoms with Crippen LogP contribution in [0.2, 0.25) is 0 Å². The maximum Gasteiger partial charge on any atom is 0.245 e. The third kappa shape index (κ3) is 4.37. The fraction of sp³-hybridized carbons (Fsp3) is 0.400. The molecule has 0 aromatic heterocycles. The minimum atomic E-state index is -1.22. The van der Waals surface area contributed by atoms with Crippen molar-refractivity contribution in [3.05, 3.63) is 46.5 Å². The number of benzene rings is 2. The van der Waals surface area contributed by atoms with Crippen LogP contribution in [0.15, 0.2) is 24.3 Å². The zero-order valence-electron chi connectivity index (χ0n) is 20.1. The molecule has 0 radical (unpaired) electrons. The van der Waals surface area contributed by atoms with E-state index in [1.54, 1.807) is 6.07 Å². The van der Waals surface area contributed by atoms with Gasteiger partial charge in [0.1, 0.15) is 29.0 Å². The van der Waals surface area contributed by atoms with Crippen LogP contribution in [0.5, 0.6) is 23.0 Å². The second kappa shape index (κ2) is 9.46. The van der Waals surface area contributed by atoms with Crippen molar-refractivity contribution in [1.82, 2.24) is 16.0 Å². The number of nitrogens with one attached hydrogen (secondary N) is 3. The Morgan fingerprint density at radius 3 is 2.11 bits per heavy atom. The Labute approximate surface area is 202 Å². The van der Waals surface area contributed by atoms with Gasteiger partial charge in [0.25, 0.3) is 0 Å². The standard InChI is InChI=1S/C25H29N3O7/c1-25(2)15-5-7-18(33-3)13-9-20(30)28-17(12-29)24(32)27-11-21(31)26-10-14-19(34-4)8-6-16(25)23(14)35-22(13)15/h5-8,17,29H,9-12H2,1-4H3,(H,26,31)(H,27,32)(H,28,30). The molecule has 35 heavy (non-hydrogen) atoms. The number of hydrogen-bond acceptors (Lipinski definition) is 7. The average molecular weight is 484 g/mol. The summed E-state index contributed by atoms with van der Waals surface area (Å²) in [5.74, 6) is 0.345. The molecule has 1 unspecified atom stereocenters. The van der Waals surface area contributed by atoms with E-state index in [1.807, 2.05) is 18.2 Å². The number of amides is 3. The Hall–Kier alpha value is -3.79. The van der Waals surface area contributed by atoms with E-state index in [2.05, 4.69) is 29.8 Å². The Balaban J connectivity index is 1.91. The van der Waals surface area contributed by atoms with Crippen molar-refractivity contribution in [1.29, 1.82) is 0 Å². The van der Waals surface area contributed by atoms with Gasteiger partial charge in [0.2, 0.25) is 17.7 Å². The van der Waals surface area contributed by atoms with Gasteiger partial charge in [0, 0.05) is 22.1 Å². The van der Waals surface area contributed by atoms with Crippen molar-refractivity contribution in [3.8, 4) is 23.0 Å². The van der Waals surface area contributed by atoms with Gasteiger partial charge >= 0.3 is 0 Å². The summed E-state index contributed by atoms with van der Waals surface area (Å²) in [6.45, 7) is 3.24. The Bertz CT molecular complexity index is 1190. The molecule has 10 nitrogen and oxygen atoms in total. The van der Waals surface area contributed by atoms with Crippen LogP contribution in [0.4, 0.5) is 0 Å². The Morgan fingerprint density at radius 1 is 0.914 bits per heavy atom. The molecule has 4 N–H and O–H groups in total. The van der Waals surface area contributed by atoms with Crippen LogP contribution >= 0.6 is 0 Å². The summed E-state index contributed by atoms with van der Waals surface area (Å²) in [4.78, 5) is 37.9. The zero-order chi connectivity index (χ0) is 25.3. The number of carbonyl (C=O) groups excluding carboxylic acids is 3. The van der Waals surface area contributed by atoms with Crippen LogP contribution in [0.3, 0.4) is 0 Å². The van der Waals surface area contributed by atoms with Crippen molar-refractivity contribution in [2.24, 2.45) is 0 Å². The van der Waals surface area contributed by atoms with Crippen LogP contribution in [0.1, 0.15) is 36.1 Å². The lowest BCUT2D eigenvalue weighted by Gasteiger charge is -2.37. The number of aliphatic hydroxyl groups is 1. The minimum absolute atomic E-state index is 0.0897. The van der Waals surface area contributed by atoms with Gasteiger partial charge in [-0.15, -0.1) is 0 Å². The molecule has 2 aromatic rings. The summed E-state index contributed by atoms with van der Waals surface area (Å²) < 4.78 is 17.6. The number of ether oxygens (including phenoxy) is 3. The molecule has 186 valence electrons. The van der Waals surface area contributed by atoms with E-state index in [0.29, 0.717) is 34.1 Å². The topological polar surface area (TPSA) is 135 Å². The maximum absolute atomic E-state index is 13.0. The molecule has 0 saturated carbocycles. The van der Waals surface area contributed by atoms with E-state index in [9.17, 15) is 19.5 Å². The molecular weight excluding hydrogens is 454 g/mol. The van der Waals surface area contributed by atoms with Gasteiger partial charge in [-0.2, -0.15) is 0 Å². The SMILES string of the molecule is COc1ccc2c3c1CNC(=O)CNC(=O)C(CO)NC(=O)Cc1c(OC)ccc(c1O3)C2(C)C. The van der Waals surface area contributed by atoms with Crippen LogP contribution in [0.25, 0.3) is 0 Å². The monoisotopic (exact) mass is 483 g/mol. The molecule has 0 spiro atoms. The molecule has 1 atom stereocenters. The van der Waals surface area contributed by atoms with Gasteiger partial charge in [0.05, 0.1) is 45.9 Å².